The maximum Gasteiger partial charge on any atom is 0.412 e. The standard InChI is InChI=1S/C23H20N4O5/c28-21(27-10-13(11-27)22(29)30)19-9-20(26-25-19)24-23(31)32-12-18-16-7-3-1-5-14(16)15-6-2-4-8-17(15)18/h1-9,13,18H,10-12H2,(H,29,30)(H2,24,25,26,31). The summed E-state index contributed by atoms with van der Waals surface area (Å²) in [6.07, 6.45) is -0.674. The zero-order chi connectivity index (χ0) is 22.2. The zero-order valence-corrected chi connectivity index (χ0v) is 16.9. The molecule has 1 aromatic heterocycles. The molecule has 2 heterocycles. The van der Waals surface area contributed by atoms with E-state index in [1.807, 2.05) is 36.4 Å². The van der Waals surface area contributed by atoms with Crippen molar-refractivity contribution < 1.29 is 24.2 Å². The number of aromatic nitrogens is 2. The van der Waals surface area contributed by atoms with Crippen molar-refractivity contribution in [2.75, 3.05) is 25.0 Å². The maximum absolute atomic E-state index is 12.3. The van der Waals surface area contributed by atoms with Crippen LogP contribution in [0.4, 0.5) is 10.6 Å². The topological polar surface area (TPSA) is 125 Å². The molecule has 0 spiro atoms. The first-order valence-electron chi connectivity index (χ1n) is 10.2. The van der Waals surface area contributed by atoms with Crippen LogP contribution in [0.1, 0.15) is 27.5 Å². The number of nitrogens with zero attached hydrogens (tertiary/aromatic N) is 2. The number of amides is 2. The van der Waals surface area contributed by atoms with Gasteiger partial charge in [-0.3, -0.25) is 20.0 Å². The summed E-state index contributed by atoms with van der Waals surface area (Å²) in [4.78, 5) is 37.0. The highest BCUT2D eigenvalue weighted by Crippen LogP contribution is 2.44. The van der Waals surface area contributed by atoms with Crippen LogP contribution in [0.25, 0.3) is 11.1 Å². The van der Waals surface area contributed by atoms with Crippen LogP contribution in [0.15, 0.2) is 54.6 Å². The third kappa shape index (κ3) is 3.47. The second-order valence-electron chi connectivity index (χ2n) is 7.86. The number of carboxylic acid groups (broad SMARTS) is 1. The highest BCUT2D eigenvalue weighted by Gasteiger charge is 2.36. The molecule has 162 valence electrons. The van der Waals surface area contributed by atoms with Gasteiger partial charge in [0.15, 0.2) is 5.82 Å². The van der Waals surface area contributed by atoms with Crippen molar-refractivity contribution in [2.24, 2.45) is 5.92 Å². The lowest BCUT2D eigenvalue weighted by atomic mass is 9.98. The smallest absolute Gasteiger partial charge is 0.412 e. The Morgan fingerprint density at radius 2 is 1.69 bits per heavy atom. The number of H-pyrrole nitrogens is 1. The summed E-state index contributed by atoms with van der Waals surface area (Å²) in [7, 11) is 0. The molecule has 0 bridgehead atoms. The number of aliphatic carboxylic acids is 1. The number of hydrogen-bond acceptors (Lipinski definition) is 5. The number of likely N-dealkylation sites (tertiary alicyclic amines) is 1. The normalized spacial score (nSPS) is 14.9. The van der Waals surface area contributed by atoms with Gasteiger partial charge in [0.05, 0.1) is 5.92 Å². The molecule has 1 aliphatic carbocycles. The third-order valence-corrected chi connectivity index (χ3v) is 5.90. The van der Waals surface area contributed by atoms with E-state index >= 15 is 0 Å². The van der Waals surface area contributed by atoms with Crippen LogP contribution in [0, 0.1) is 5.92 Å². The van der Waals surface area contributed by atoms with E-state index in [0.717, 1.165) is 22.3 Å². The molecule has 0 radical (unpaired) electrons. The van der Waals surface area contributed by atoms with Crippen LogP contribution >= 0.6 is 0 Å². The number of ether oxygens (including phenoxy) is 1. The molecule has 3 N–H and O–H groups in total. The molecule has 3 aromatic rings. The fraction of sp³-hybridized carbons (Fsp3) is 0.217. The largest absolute Gasteiger partial charge is 0.481 e. The zero-order valence-electron chi connectivity index (χ0n) is 16.9. The Bertz CT molecular complexity index is 1170. The van der Waals surface area contributed by atoms with Gasteiger partial charge in [-0.1, -0.05) is 48.5 Å². The van der Waals surface area contributed by atoms with Crippen LogP contribution < -0.4 is 5.32 Å². The lowest BCUT2D eigenvalue weighted by Crippen LogP contribution is -2.53. The van der Waals surface area contributed by atoms with E-state index in [1.54, 1.807) is 0 Å². The predicted octanol–water partition coefficient (Wildman–Crippen LogP) is 2.93. The Morgan fingerprint density at radius 1 is 1.06 bits per heavy atom. The van der Waals surface area contributed by atoms with Crippen LogP contribution in [-0.2, 0) is 9.53 Å². The van der Waals surface area contributed by atoms with Crippen LogP contribution in [0.2, 0.25) is 0 Å². The first kappa shape index (κ1) is 19.8. The molecule has 1 aliphatic heterocycles. The van der Waals surface area contributed by atoms with Crippen molar-refractivity contribution in [3.8, 4) is 11.1 Å². The predicted molar refractivity (Wildman–Crippen MR) is 114 cm³/mol. The summed E-state index contributed by atoms with van der Waals surface area (Å²) in [5, 5.41) is 17.9. The molecule has 1 saturated heterocycles. The second kappa shape index (κ2) is 7.84. The van der Waals surface area contributed by atoms with Gasteiger partial charge in [-0.15, -0.1) is 0 Å². The Labute approximate surface area is 183 Å². The van der Waals surface area contributed by atoms with Crippen molar-refractivity contribution >= 4 is 23.8 Å². The molecule has 32 heavy (non-hydrogen) atoms. The molecular weight excluding hydrogens is 412 g/mol. The second-order valence-corrected chi connectivity index (χ2v) is 7.86. The van der Waals surface area contributed by atoms with Crippen molar-refractivity contribution in [3.63, 3.8) is 0 Å². The van der Waals surface area contributed by atoms with Gasteiger partial charge in [-0.05, 0) is 22.3 Å². The molecule has 2 aromatic carbocycles. The minimum absolute atomic E-state index is 0.0573. The molecular formula is C23H20N4O5. The molecule has 2 amide bonds. The lowest BCUT2D eigenvalue weighted by molar-refractivity contribution is -0.146. The van der Waals surface area contributed by atoms with Gasteiger partial charge in [-0.2, -0.15) is 5.10 Å². The SMILES string of the molecule is O=C(Nc1cc(C(=O)N2CC(C(=O)O)C2)[nH]n1)OCC1c2ccccc2-c2ccccc21. The van der Waals surface area contributed by atoms with E-state index < -0.39 is 18.0 Å². The molecule has 9 heteroatoms. The van der Waals surface area contributed by atoms with Crippen LogP contribution in [-0.4, -0.2) is 57.9 Å². The average molecular weight is 432 g/mol. The number of anilines is 1. The summed E-state index contributed by atoms with van der Waals surface area (Å²) in [6.45, 7) is 0.477. The van der Waals surface area contributed by atoms with E-state index in [1.165, 1.54) is 11.0 Å². The van der Waals surface area contributed by atoms with Gasteiger partial charge in [0, 0.05) is 25.1 Å². The number of fused-ring (bicyclic) bond motifs is 3. The number of benzene rings is 2. The van der Waals surface area contributed by atoms with Gasteiger partial charge in [0.2, 0.25) is 0 Å². The summed E-state index contributed by atoms with van der Waals surface area (Å²) in [5.74, 6) is -1.73. The Morgan fingerprint density at radius 3 is 2.31 bits per heavy atom. The number of rotatable bonds is 5. The van der Waals surface area contributed by atoms with Gasteiger partial charge < -0.3 is 14.7 Å². The van der Waals surface area contributed by atoms with E-state index in [-0.39, 0.29) is 43.0 Å². The van der Waals surface area contributed by atoms with Crippen LogP contribution in [0.5, 0.6) is 0 Å². The van der Waals surface area contributed by atoms with E-state index in [9.17, 15) is 14.4 Å². The molecule has 0 unspecified atom stereocenters. The quantitative estimate of drug-likeness (QED) is 0.569. The van der Waals surface area contributed by atoms with Gasteiger partial charge >= 0.3 is 12.1 Å². The molecule has 0 atom stereocenters. The van der Waals surface area contributed by atoms with E-state index in [2.05, 4.69) is 27.6 Å². The molecule has 0 saturated carbocycles. The number of carbonyl (C=O) groups is 3. The van der Waals surface area contributed by atoms with Crippen molar-refractivity contribution in [2.45, 2.75) is 5.92 Å². The average Bonchev–Trinajstić information content (AvgIpc) is 3.33. The Balaban J connectivity index is 1.20. The number of aromatic amines is 1. The summed E-state index contributed by atoms with van der Waals surface area (Å²) < 4.78 is 5.47. The summed E-state index contributed by atoms with van der Waals surface area (Å²) >= 11 is 0. The summed E-state index contributed by atoms with van der Waals surface area (Å²) in [5.41, 5.74) is 4.68. The molecule has 5 rings (SSSR count). The number of carboxylic acids is 1. The monoisotopic (exact) mass is 432 g/mol. The molecule has 9 nitrogen and oxygen atoms in total. The minimum Gasteiger partial charge on any atom is -0.481 e. The maximum atomic E-state index is 12.3. The fourth-order valence-electron chi connectivity index (χ4n) is 4.21. The number of hydrogen-bond donors (Lipinski definition) is 3. The van der Waals surface area contributed by atoms with Gasteiger partial charge in [0.25, 0.3) is 5.91 Å². The first-order valence-corrected chi connectivity index (χ1v) is 10.2. The fourth-order valence-corrected chi connectivity index (χ4v) is 4.21. The van der Waals surface area contributed by atoms with E-state index in [4.69, 9.17) is 9.84 Å². The minimum atomic E-state index is -0.920. The highest BCUT2D eigenvalue weighted by atomic mass is 16.5. The first-order chi connectivity index (χ1) is 15.5. The third-order valence-electron chi connectivity index (χ3n) is 5.90. The number of nitrogens with one attached hydrogen (secondary N) is 2. The molecule has 1 fully saturated rings. The Kier molecular flexibility index (Phi) is 4.85. The Hall–Kier alpha value is -4.14. The van der Waals surface area contributed by atoms with Crippen LogP contribution in [0.3, 0.4) is 0 Å². The van der Waals surface area contributed by atoms with Gasteiger partial charge in [-0.25, -0.2) is 4.79 Å². The van der Waals surface area contributed by atoms with Crippen molar-refractivity contribution in [3.05, 3.63) is 71.4 Å². The lowest BCUT2D eigenvalue weighted by Gasteiger charge is -2.36. The number of carbonyl (C=O) groups excluding carboxylic acids is 2. The van der Waals surface area contributed by atoms with Crippen molar-refractivity contribution in [1.82, 2.24) is 15.1 Å². The summed E-state index contributed by atoms with van der Waals surface area (Å²) in [6, 6.07) is 17.5. The molecule has 2 aliphatic rings. The highest BCUT2D eigenvalue weighted by molar-refractivity contribution is 5.95. The van der Waals surface area contributed by atoms with Gasteiger partial charge in [0.1, 0.15) is 12.3 Å². The van der Waals surface area contributed by atoms with Crippen molar-refractivity contribution in [1.29, 1.82) is 0 Å². The van der Waals surface area contributed by atoms with E-state index in [0.29, 0.717) is 0 Å².